The van der Waals surface area contributed by atoms with E-state index in [1.165, 1.54) is 7.11 Å². The molecule has 0 N–H and O–H groups in total. The Bertz CT molecular complexity index is 1880. The third-order valence-electron chi connectivity index (χ3n) is 9.59. The number of benzene rings is 4. The molecule has 5 nitrogen and oxygen atoms in total. The van der Waals surface area contributed by atoms with Crippen molar-refractivity contribution in [1.29, 1.82) is 0 Å². The van der Waals surface area contributed by atoms with E-state index in [4.69, 9.17) is 16.3 Å². The molecular weight excluding hydrogens is 556 g/mol. The van der Waals surface area contributed by atoms with E-state index in [0.29, 0.717) is 24.4 Å². The van der Waals surface area contributed by atoms with Crippen LogP contribution in [0, 0.1) is 5.92 Å². The smallest absolute Gasteiger partial charge is 0.310 e. The number of rotatable bonds is 5. The van der Waals surface area contributed by atoms with E-state index < -0.39 is 11.3 Å². The van der Waals surface area contributed by atoms with Gasteiger partial charge < -0.3 is 14.2 Å². The first kappa shape index (κ1) is 27.5. The maximum absolute atomic E-state index is 15.5. The van der Waals surface area contributed by atoms with Gasteiger partial charge in [0.05, 0.1) is 19.6 Å². The molecule has 0 saturated heterocycles. The number of halogens is 1. The van der Waals surface area contributed by atoms with Gasteiger partial charge in [-0.15, -0.1) is 0 Å². The first-order valence-electron chi connectivity index (χ1n) is 14.8. The second-order valence-electron chi connectivity index (χ2n) is 11.6. The van der Waals surface area contributed by atoms with Crippen molar-refractivity contribution in [2.75, 3.05) is 12.0 Å². The van der Waals surface area contributed by atoms with Crippen LogP contribution in [0.5, 0.6) is 0 Å². The first-order chi connectivity index (χ1) is 20.9. The minimum atomic E-state index is -1.32. The van der Waals surface area contributed by atoms with Crippen LogP contribution < -0.4 is 4.90 Å². The predicted molar refractivity (Wildman–Crippen MR) is 171 cm³/mol. The zero-order valence-corrected chi connectivity index (χ0v) is 25.3. The number of para-hydroxylation sites is 1. The Hall–Kier alpha value is -4.35. The Kier molecular flexibility index (Phi) is 6.66. The summed E-state index contributed by atoms with van der Waals surface area (Å²) in [5.41, 5.74) is 6.29. The van der Waals surface area contributed by atoms with Crippen LogP contribution in [0.25, 0.3) is 10.9 Å². The SMILES string of the molecule is CCc1c(Cl)ccc2c1C1(C(=O)N2Cc2ccccc2)c2c(c3ccccc3n2C)C(c2ccccc2)CC1C(=O)OC. The normalized spacial score (nSPS) is 20.8. The van der Waals surface area contributed by atoms with Crippen LogP contribution in [0.1, 0.15) is 52.8 Å². The van der Waals surface area contributed by atoms with Crippen LogP contribution in [0.4, 0.5) is 5.69 Å². The lowest BCUT2D eigenvalue weighted by molar-refractivity contribution is -0.151. The highest BCUT2D eigenvalue weighted by Gasteiger charge is 2.65. The molecule has 7 rings (SSSR count). The molecule has 1 amide bonds. The lowest BCUT2D eigenvalue weighted by Crippen LogP contribution is -2.53. The molecule has 6 heteroatoms. The maximum atomic E-state index is 15.5. The van der Waals surface area contributed by atoms with Gasteiger partial charge in [0, 0.05) is 45.8 Å². The summed E-state index contributed by atoms with van der Waals surface area (Å²) in [6, 6.07) is 32.4. The number of esters is 1. The molecule has 2 aliphatic rings. The topological polar surface area (TPSA) is 51.5 Å². The molecule has 3 atom stereocenters. The second kappa shape index (κ2) is 10.4. The quantitative estimate of drug-likeness (QED) is 0.199. The van der Waals surface area contributed by atoms with Crippen LogP contribution in [-0.2, 0) is 39.8 Å². The number of hydrogen-bond donors (Lipinski definition) is 0. The van der Waals surface area contributed by atoms with Crippen LogP contribution >= 0.6 is 11.6 Å². The third kappa shape index (κ3) is 3.84. The Morgan fingerprint density at radius 3 is 2.33 bits per heavy atom. The van der Waals surface area contributed by atoms with Gasteiger partial charge >= 0.3 is 5.97 Å². The summed E-state index contributed by atoms with van der Waals surface area (Å²) < 4.78 is 7.70. The number of methoxy groups -OCH3 is 1. The number of fused-ring (bicyclic) bond motifs is 6. The molecule has 4 aromatic carbocycles. The molecule has 1 aliphatic heterocycles. The van der Waals surface area contributed by atoms with Gasteiger partial charge in [-0.05, 0) is 53.3 Å². The largest absolute Gasteiger partial charge is 0.469 e. The second-order valence-corrected chi connectivity index (χ2v) is 12.0. The lowest BCUT2D eigenvalue weighted by Gasteiger charge is -2.43. The van der Waals surface area contributed by atoms with Gasteiger partial charge in [-0.3, -0.25) is 9.59 Å². The summed E-state index contributed by atoms with van der Waals surface area (Å²) in [6.07, 6.45) is 1.04. The molecular formula is C37H33ClN2O3. The van der Waals surface area contributed by atoms with Crippen molar-refractivity contribution < 1.29 is 14.3 Å². The summed E-state index contributed by atoms with van der Waals surface area (Å²) in [5, 5.41) is 1.69. The van der Waals surface area contributed by atoms with E-state index in [0.717, 1.165) is 50.1 Å². The fraction of sp³-hybridized carbons (Fsp3) is 0.243. The van der Waals surface area contributed by atoms with Crippen molar-refractivity contribution in [3.63, 3.8) is 0 Å². The van der Waals surface area contributed by atoms with E-state index in [9.17, 15) is 4.79 Å². The third-order valence-corrected chi connectivity index (χ3v) is 9.94. The molecule has 0 bridgehead atoms. The summed E-state index contributed by atoms with van der Waals surface area (Å²) in [5.74, 6) is -1.38. The molecule has 3 unspecified atom stereocenters. The number of nitrogens with zero attached hydrogens (tertiary/aromatic N) is 2. The lowest BCUT2D eigenvalue weighted by atomic mass is 9.58. The summed E-state index contributed by atoms with van der Waals surface area (Å²) in [6.45, 7) is 2.44. The molecule has 1 spiro atoms. The fourth-order valence-corrected chi connectivity index (χ4v) is 8.16. The number of amides is 1. The van der Waals surface area contributed by atoms with E-state index >= 15 is 4.79 Å². The Labute approximate surface area is 256 Å². The highest BCUT2D eigenvalue weighted by molar-refractivity contribution is 6.32. The van der Waals surface area contributed by atoms with Gasteiger partial charge in [0.1, 0.15) is 5.41 Å². The standard InChI is InChI=1S/C37H33ClN2O3/c1-4-25-29(38)19-20-31-33(25)37(36(42)40(31)22-23-13-7-5-8-14-23)28(35(41)43-3)21-27(24-15-9-6-10-16-24)32-26-17-11-12-18-30(26)39(2)34(32)37/h5-20,27-28H,4,21-22H2,1-3H3. The predicted octanol–water partition coefficient (Wildman–Crippen LogP) is 7.55. The molecule has 0 radical (unpaired) electrons. The van der Waals surface area contributed by atoms with E-state index in [1.54, 1.807) is 0 Å². The zero-order valence-electron chi connectivity index (χ0n) is 24.5. The first-order valence-corrected chi connectivity index (χ1v) is 15.2. The van der Waals surface area contributed by atoms with E-state index in [2.05, 4.69) is 35.8 Å². The molecule has 5 aromatic rings. The molecule has 216 valence electrons. The molecule has 1 aliphatic carbocycles. The maximum Gasteiger partial charge on any atom is 0.310 e. The molecule has 2 heterocycles. The molecule has 1 aromatic heterocycles. The van der Waals surface area contributed by atoms with Gasteiger partial charge in [-0.25, -0.2) is 0 Å². The van der Waals surface area contributed by atoms with Crippen molar-refractivity contribution in [1.82, 2.24) is 4.57 Å². The fourth-order valence-electron chi connectivity index (χ4n) is 7.87. The number of anilines is 1. The minimum Gasteiger partial charge on any atom is -0.469 e. The monoisotopic (exact) mass is 588 g/mol. The zero-order chi connectivity index (χ0) is 29.9. The Morgan fingerprint density at radius 1 is 0.953 bits per heavy atom. The number of aromatic nitrogens is 1. The Morgan fingerprint density at radius 2 is 1.63 bits per heavy atom. The highest BCUT2D eigenvalue weighted by atomic mass is 35.5. The van der Waals surface area contributed by atoms with Gasteiger partial charge in [0.25, 0.3) is 0 Å². The molecule has 0 fully saturated rings. The number of carbonyl (C=O) groups is 2. The van der Waals surface area contributed by atoms with Gasteiger partial charge in [-0.2, -0.15) is 0 Å². The van der Waals surface area contributed by atoms with Crippen molar-refractivity contribution in [2.24, 2.45) is 13.0 Å². The van der Waals surface area contributed by atoms with Crippen molar-refractivity contribution >= 4 is 40.1 Å². The number of aryl methyl sites for hydroxylation is 1. The number of hydrogen-bond acceptors (Lipinski definition) is 3. The van der Waals surface area contributed by atoms with Crippen LogP contribution in [0.2, 0.25) is 5.02 Å². The van der Waals surface area contributed by atoms with Crippen LogP contribution in [0.3, 0.4) is 0 Å². The molecule has 0 saturated carbocycles. The number of carbonyl (C=O) groups excluding carboxylic acids is 2. The van der Waals surface area contributed by atoms with E-state index in [1.807, 2.05) is 84.7 Å². The van der Waals surface area contributed by atoms with Crippen LogP contribution in [0.15, 0.2) is 97.1 Å². The summed E-state index contributed by atoms with van der Waals surface area (Å²) in [7, 11) is 3.44. The number of ether oxygens (including phenoxy) is 1. The minimum absolute atomic E-state index is 0.110. The Balaban J connectivity index is 1.62. The summed E-state index contributed by atoms with van der Waals surface area (Å²) in [4.78, 5) is 31.4. The van der Waals surface area contributed by atoms with Crippen molar-refractivity contribution in [3.05, 3.63) is 136 Å². The average Bonchev–Trinajstić information content (AvgIpc) is 3.47. The average molecular weight is 589 g/mol. The highest BCUT2D eigenvalue weighted by Crippen LogP contribution is 2.61. The van der Waals surface area contributed by atoms with Gasteiger partial charge in [-0.1, -0.05) is 97.4 Å². The van der Waals surface area contributed by atoms with Crippen LogP contribution in [-0.4, -0.2) is 23.6 Å². The van der Waals surface area contributed by atoms with Gasteiger partial charge in [0.15, 0.2) is 0 Å². The van der Waals surface area contributed by atoms with Crippen molar-refractivity contribution in [3.8, 4) is 0 Å². The van der Waals surface area contributed by atoms with Gasteiger partial charge in [0.2, 0.25) is 5.91 Å². The van der Waals surface area contributed by atoms with E-state index in [-0.39, 0.29) is 17.8 Å². The summed E-state index contributed by atoms with van der Waals surface area (Å²) >= 11 is 6.94. The van der Waals surface area contributed by atoms with Crippen molar-refractivity contribution in [2.45, 2.75) is 37.6 Å². The molecule has 43 heavy (non-hydrogen) atoms.